The van der Waals surface area contributed by atoms with Crippen LogP contribution in [0.15, 0.2) is 59.5 Å². The van der Waals surface area contributed by atoms with Gasteiger partial charge < -0.3 is 14.8 Å². The number of allylic oxidation sites excluding steroid dienone is 1. The minimum Gasteiger partial charge on any atom is -0.493 e. The van der Waals surface area contributed by atoms with Crippen LogP contribution in [0.1, 0.15) is 25.8 Å². The lowest BCUT2D eigenvalue weighted by atomic mass is 9.92. The Labute approximate surface area is 183 Å². The molecule has 3 rings (SSSR count). The highest BCUT2D eigenvalue weighted by molar-refractivity contribution is 7.89. The van der Waals surface area contributed by atoms with E-state index in [0.29, 0.717) is 25.1 Å². The lowest BCUT2D eigenvalue weighted by Gasteiger charge is -2.16. The third-order valence-corrected chi connectivity index (χ3v) is 5.90. The maximum Gasteiger partial charge on any atom is 0.238 e. The number of sulfonamides is 1. The molecule has 0 aliphatic carbocycles. The molecule has 8 heteroatoms. The Morgan fingerprint density at radius 3 is 2.55 bits per heavy atom. The number of nitrogens with one attached hydrogen (secondary N) is 1. The second-order valence-corrected chi connectivity index (χ2v) is 9.38. The van der Waals surface area contributed by atoms with Gasteiger partial charge in [0, 0.05) is 18.4 Å². The molecule has 1 aliphatic rings. The van der Waals surface area contributed by atoms with Crippen LogP contribution >= 0.6 is 0 Å². The zero-order chi connectivity index (χ0) is 22.4. The van der Waals surface area contributed by atoms with Gasteiger partial charge in [-0.2, -0.15) is 0 Å². The molecule has 1 aliphatic heterocycles. The van der Waals surface area contributed by atoms with E-state index in [4.69, 9.17) is 14.6 Å². The van der Waals surface area contributed by atoms with E-state index in [-0.39, 0.29) is 28.7 Å². The van der Waals surface area contributed by atoms with Gasteiger partial charge in [0.25, 0.3) is 0 Å². The summed E-state index contributed by atoms with van der Waals surface area (Å²) in [4.78, 5) is 12.3. The molecule has 2 aromatic carbocycles. The van der Waals surface area contributed by atoms with E-state index >= 15 is 0 Å². The number of rotatable bonds is 9. The van der Waals surface area contributed by atoms with Gasteiger partial charge in [-0.05, 0) is 62.2 Å². The van der Waals surface area contributed by atoms with Gasteiger partial charge in [0.2, 0.25) is 15.9 Å². The quantitative estimate of drug-likeness (QED) is 0.618. The summed E-state index contributed by atoms with van der Waals surface area (Å²) >= 11 is 0. The molecule has 7 nitrogen and oxygen atoms in total. The van der Waals surface area contributed by atoms with Crippen LogP contribution in [0.5, 0.6) is 11.5 Å². The van der Waals surface area contributed by atoms with Gasteiger partial charge >= 0.3 is 0 Å². The molecule has 0 radical (unpaired) electrons. The second kappa shape index (κ2) is 9.98. The first kappa shape index (κ1) is 22.8. The number of hydrogen-bond acceptors (Lipinski definition) is 5. The van der Waals surface area contributed by atoms with Crippen molar-refractivity contribution in [3.05, 3.63) is 60.2 Å². The molecule has 0 unspecified atom stereocenters. The van der Waals surface area contributed by atoms with E-state index in [0.717, 1.165) is 11.5 Å². The van der Waals surface area contributed by atoms with Gasteiger partial charge in [0.1, 0.15) is 11.5 Å². The van der Waals surface area contributed by atoms with Crippen molar-refractivity contribution in [3.63, 3.8) is 0 Å². The monoisotopic (exact) mass is 444 g/mol. The van der Waals surface area contributed by atoms with Crippen molar-refractivity contribution >= 4 is 22.0 Å². The summed E-state index contributed by atoms with van der Waals surface area (Å²) in [6, 6.07) is 13.8. The molecule has 2 atom stereocenters. The average Bonchev–Trinajstić information content (AvgIpc) is 3.06. The topological polar surface area (TPSA) is 108 Å². The zero-order valence-electron chi connectivity index (χ0n) is 17.7. The van der Waals surface area contributed by atoms with Crippen molar-refractivity contribution in [2.45, 2.75) is 31.3 Å². The largest absolute Gasteiger partial charge is 0.493 e. The molecule has 1 saturated heterocycles. The van der Waals surface area contributed by atoms with Crippen LogP contribution in [0, 0.1) is 11.8 Å². The molecule has 1 heterocycles. The molecule has 3 N–H and O–H groups in total. The van der Waals surface area contributed by atoms with E-state index in [1.165, 1.54) is 12.1 Å². The third-order valence-electron chi connectivity index (χ3n) is 4.99. The fourth-order valence-electron chi connectivity index (χ4n) is 3.43. The number of carbonyl (C=O) groups is 1. The average molecular weight is 445 g/mol. The van der Waals surface area contributed by atoms with Gasteiger partial charge in [-0.3, -0.25) is 4.79 Å². The van der Waals surface area contributed by atoms with Gasteiger partial charge in [-0.15, -0.1) is 0 Å². The normalized spacial score (nSPS) is 19.0. The molecule has 0 saturated carbocycles. The highest BCUT2D eigenvalue weighted by Gasteiger charge is 2.34. The van der Waals surface area contributed by atoms with Gasteiger partial charge in [0.15, 0.2) is 0 Å². The number of carbonyl (C=O) groups excluding carboxylic acids is 1. The van der Waals surface area contributed by atoms with Crippen LogP contribution in [-0.4, -0.2) is 33.6 Å². The molecular formula is C23H28N2O5S. The number of benzene rings is 2. The van der Waals surface area contributed by atoms with Crippen LogP contribution in [0.4, 0.5) is 0 Å². The van der Waals surface area contributed by atoms with Crippen molar-refractivity contribution in [1.82, 2.24) is 5.32 Å². The van der Waals surface area contributed by atoms with Crippen LogP contribution in [0.3, 0.4) is 0 Å². The van der Waals surface area contributed by atoms with Crippen molar-refractivity contribution in [2.75, 3.05) is 13.2 Å². The summed E-state index contributed by atoms with van der Waals surface area (Å²) in [7, 11) is -3.75. The van der Waals surface area contributed by atoms with Gasteiger partial charge in [0.05, 0.1) is 17.6 Å². The first-order valence-electron chi connectivity index (χ1n) is 10.2. The Hall–Kier alpha value is -2.84. The van der Waals surface area contributed by atoms with E-state index in [1.807, 2.05) is 44.2 Å². The molecule has 31 heavy (non-hydrogen) atoms. The summed E-state index contributed by atoms with van der Waals surface area (Å²) in [5.41, 5.74) is 0.710. The summed E-state index contributed by atoms with van der Waals surface area (Å²) in [6.07, 6.45) is 4.31. The Kier molecular flexibility index (Phi) is 7.35. The second-order valence-electron chi connectivity index (χ2n) is 7.82. The number of primary sulfonamides is 1. The zero-order valence-corrected chi connectivity index (χ0v) is 18.5. The maximum atomic E-state index is 12.3. The maximum absolute atomic E-state index is 12.3. The predicted octanol–water partition coefficient (Wildman–Crippen LogP) is 2.97. The fourth-order valence-corrected chi connectivity index (χ4v) is 4.00. The van der Waals surface area contributed by atoms with Crippen LogP contribution < -0.4 is 19.9 Å². The molecule has 0 bridgehead atoms. The van der Waals surface area contributed by atoms with Crippen LogP contribution in [-0.2, 0) is 14.8 Å². The minimum absolute atomic E-state index is 0.00258. The molecular weight excluding hydrogens is 416 g/mol. The van der Waals surface area contributed by atoms with Crippen LogP contribution in [0.2, 0.25) is 0 Å². The lowest BCUT2D eigenvalue weighted by Crippen LogP contribution is -2.22. The third kappa shape index (κ3) is 6.57. The molecule has 0 aromatic heterocycles. The summed E-state index contributed by atoms with van der Waals surface area (Å²) < 4.78 is 34.5. The number of hydrogen-bond donors (Lipinski definition) is 2. The molecule has 1 fully saturated rings. The van der Waals surface area contributed by atoms with E-state index in [1.54, 1.807) is 18.2 Å². The Morgan fingerprint density at radius 1 is 1.16 bits per heavy atom. The minimum atomic E-state index is -3.75. The van der Waals surface area contributed by atoms with E-state index in [9.17, 15) is 13.2 Å². The fraction of sp³-hybridized carbons (Fsp3) is 0.348. The summed E-state index contributed by atoms with van der Waals surface area (Å²) in [6.45, 7) is 4.93. The van der Waals surface area contributed by atoms with E-state index in [2.05, 4.69) is 5.32 Å². The van der Waals surface area contributed by atoms with Crippen molar-refractivity contribution < 1.29 is 22.7 Å². The lowest BCUT2D eigenvalue weighted by molar-refractivity contribution is -0.123. The smallest absolute Gasteiger partial charge is 0.238 e. The summed E-state index contributed by atoms with van der Waals surface area (Å²) in [5.74, 6) is 1.34. The Balaban J connectivity index is 1.57. The Morgan fingerprint density at radius 2 is 1.87 bits per heavy atom. The SMILES string of the molecule is CC(C)Oc1ccc(OC[C@H]2CNC(=O)[C@@H]2CC=Cc2cccc(S(N)(=O)=O)c2)cc1. The molecule has 2 aromatic rings. The van der Waals surface area contributed by atoms with Gasteiger partial charge in [-0.25, -0.2) is 13.6 Å². The first-order valence-corrected chi connectivity index (χ1v) is 11.7. The highest BCUT2D eigenvalue weighted by atomic mass is 32.2. The van der Waals surface area contributed by atoms with Crippen molar-refractivity contribution in [1.29, 1.82) is 0 Å². The summed E-state index contributed by atoms with van der Waals surface area (Å²) in [5, 5.41) is 8.07. The van der Waals surface area contributed by atoms with Gasteiger partial charge in [-0.1, -0.05) is 24.3 Å². The van der Waals surface area contributed by atoms with Crippen LogP contribution in [0.25, 0.3) is 6.08 Å². The number of ether oxygens (including phenoxy) is 2. The number of nitrogens with two attached hydrogens (primary N) is 1. The van der Waals surface area contributed by atoms with Crippen molar-refractivity contribution in [2.24, 2.45) is 17.0 Å². The standard InChI is InChI=1S/C23H28N2O5S/c1-16(2)30-20-11-9-19(10-12-20)29-15-18-14-25-23(26)22(18)8-4-6-17-5-3-7-21(13-17)31(24,27)28/h3-7,9-13,16,18,22H,8,14-15H2,1-2H3,(H,25,26)(H2,24,27,28)/t18-,22-/m1/s1. The highest BCUT2D eigenvalue weighted by Crippen LogP contribution is 2.25. The number of amides is 1. The van der Waals surface area contributed by atoms with E-state index < -0.39 is 10.0 Å². The Bertz CT molecular complexity index is 1030. The molecule has 1 amide bonds. The predicted molar refractivity (Wildman–Crippen MR) is 119 cm³/mol. The molecule has 0 spiro atoms. The molecule has 166 valence electrons. The first-order chi connectivity index (χ1) is 14.7. The van der Waals surface area contributed by atoms with Crippen molar-refractivity contribution in [3.8, 4) is 11.5 Å².